The van der Waals surface area contributed by atoms with Gasteiger partial charge in [-0.1, -0.05) is 20.8 Å². The van der Waals surface area contributed by atoms with Crippen molar-refractivity contribution in [3.8, 4) is 0 Å². The van der Waals surface area contributed by atoms with E-state index >= 15 is 0 Å². The zero-order chi connectivity index (χ0) is 12.0. The summed E-state index contributed by atoms with van der Waals surface area (Å²) in [5.74, 6) is 0.656. The molecule has 16 heavy (non-hydrogen) atoms. The van der Waals surface area contributed by atoms with Gasteiger partial charge in [0.1, 0.15) is 6.29 Å². The van der Waals surface area contributed by atoms with E-state index < -0.39 is 0 Å². The normalized spacial score (nSPS) is 20.3. The molecule has 1 saturated heterocycles. The number of hydrogen-bond acceptors (Lipinski definition) is 3. The topological polar surface area (TPSA) is 29.5 Å². The van der Waals surface area contributed by atoms with Gasteiger partial charge in [-0.15, -0.1) is 0 Å². The number of rotatable bonds is 6. The van der Waals surface area contributed by atoms with Crippen LogP contribution < -0.4 is 0 Å². The molecule has 0 radical (unpaired) electrons. The molecule has 0 aromatic rings. The summed E-state index contributed by atoms with van der Waals surface area (Å²) in [5.41, 5.74) is -0.150. The first kappa shape index (κ1) is 13.7. The van der Waals surface area contributed by atoms with E-state index in [1.54, 1.807) is 0 Å². The third-order valence-corrected chi connectivity index (χ3v) is 3.35. The summed E-state index contributed by atoms with van der Waals surface area (Å²) in [7, 11) is 0. The molecule has 1 aliphatic heterocycles. The van der Waals surface area contributed by atoms with E-state index in [4.69, 9.17) is 4.74 Å². The Morgan fingerprint density at radius 2 is 2.00 bits per heavy atom. The lowest BCUT2D eigenvalue weighted by molar-refractivity contribution is -0.123. The number of ether oxygens (including phenoxy) is 1. The van der Waals surface area contributed by atoms with Gasteiger partial charge in [-0.2, -0.15) is 0 Å². The van der Waals surface area contributed by atoms with Gasteiger partial charge in [0.25, 0.3) is 0 Å². The molecule has 1 rings (SSSR count). The molecular formula is C13H25NO2. The molecule has 0 aromatic carbocycles. The van der Waals surface area contributed by atoms with Gasteiger partial charge in [0, 0.05) is 31.7 Å². The smallest absolute Gasteiger partial charge is 0.127 e. The molecule has 0 aliphatic carbocycles. The minimum Gasteiger partial charge on any atom is -0.381 e. The van der Waals surface area contributed by atoms with Crippen molar-refractivity contribution in [1.29, 1.82) is 0 Å². The number of carbonyl (C=O) groups excluding carboxylic acids is 1. The van der Waals surface area contributed by atoms with Gasteiger partial charge in [0.2, 0.25) is 0 Å². The molecule has 1 heterocycles. The molecule has 0 spiro atoms. The zero-order valence-corrected chi connectivity index (χ0v) is 10.9. The lowest BCUT2D eigenvalue weighted by atomic mass is 9.81. The minimum absolute atomic E-state index is 0.150. The SMILES string of the molecule is CCN(CC(C)C)CC1(C=O)CCOCC1. The Morgan fingerprint density at radius 3 is 2.44 bits per heavy atom. The Morgan fingerprint density at radius 1 is 1.38 bits per heavy atom. The molecule has 3 nitrogen and oxygen atoms in total. The summed E-state index contributed by atoms with van der Waals surface area (Å²) in [6.45, 7) is 11.1. The summed E-state index contributed by atoms with van der Waals surface area (Å²) in [4.78, 5) is 13.7. The summed E-state index contributed by atoms with van der Waals surface area (Å²) < 4.78 is 5.35. The van der Waals surface area contributed by atoms with Crippen molar-refractivity contribution in [2.45, 2.75) is 33.6 Å². The van der Waals surface area contributed by atoms with Gasteiger partial charge < -0.3 is 14.4 Å². The average molecular weight is 227 g/mol. The third-order valence-electron chi connectivity index (χ3n) is 3.35. The van der Waals surface area contributed by atoms with E-state index in [0.717, 1.165) is 45.7 Å². The molecule has 1 aliphatic rings. The van der Waals surface area contributed by atoms with Gasteiger partial charge in [0.05, 0.1) is 0 Å². The molecule has 0 bridgehead atoms. The second-order valence-electron chi connectivity index (χ2n) is 5.31. The van der Waals surface area contributed by atoms with Crippen LogP contribution in [0.1, 0.15) is 33.6 Å². The Labute approximate surface area is 99.1 Å². The average Bonchev–Trinajstić information content (AvgIpc) is 2.29. The highest BCUT2D eigenvalue weighted by Gasteiger charge is 2.33. The second-order valence-corrected chi connectivity index (χ2v) is 5.31. The van der Waals surface area contributed by atoms with Gasteiger partial charge in [-0.25, -0.2) is 0 Å². The molecule has 0 unspecified atom stereocenters. The molecule has 1 fully saturated rings. The van der Waals surface area contributed by atoms with Crippen LogP contribution in [0, 0.1) is 11.3 Å². The number of nitrogens with zero attached hydrogens (tertiary/aromatic N) is 1. The van der Waals surface area contributed by atoms with Gasteiger partial charge in [-0.3, -0.25) is 0 Å². The van der Waals surface area contributed by atoms with Crippen LogP contribution >= 0.6 is 0 Å². The number of carbonyl (C=O) groups is 1. The fourth-order valence-corrected chi connectivity index (χ4v) is 2.36. The zero-order valence-electron chi connectivity index (χ0n) is 10.9. The summed E-state index contributed by atoms with van der Waals surface area (Å²) in [6.07, 6.45) is 2.93. The monoisotopic (exact) mass is 227 g/mol. The Bertz CT molecular complexity index is 210. The molecule has 0 amide bonds. The fourth-order valence-electron chi connectivity index (χ4n) is 2.36. The quantitative estimate of drug-likeness (QED) is 0.650. The van der Waals surface area contributed by atoms with Crippen LogP contribution in [0.3, 0.4) is 0 Å². The predicted molar refractivity (Wildman–Crippen MR) is 65.5 cm³/mol. The standard InChI is InChI=1S/C13H25NO2/c1-4-14(9-12(2)3)10-13(11-15)5-7-16-8-6-13/h11-12H,4-10H2,1-3H3. The van der Waals surface area contributed by atoms with Crippen LogP contribution in [0.15, 0.2) is 0 Å². The van der Waals surface area contributed by atoms with E-state index in [1.807, 2.05) is 0 Å². The third kappa shape index (κ3) is 3.87. The lowest BCUT2D eigenvalue weighted by Crippen LogP contribution is -2.43. The summed E-state index contributed by atoms with van der Waals surface area (Å²) in [5, 5.41) is 0. The fraction of sp³-hybridized carbons (Fsp3) is 0.923. The van der Waals surface area contributed by atoms with Crippen LogP contribution in [0.2, 0.25) is 0 Å². The maximum atomic E-state index is 11.3. The number of aldehydes is 1. The molecule has 0 atom stereocenters. The van der Waals surface area contributed by atoms with E-state index in [0.29, 0.717) is 5.92 Å². The number of hydrogen-bond donors (Lipinski definition) is 0. The van der Waals surface area contributed by atoms with Crippen LogP contribution in [-0.4, -0.2) is 44.0 Å². The van der Waals surface area contributed by atoms with E-state index in [-0.39, 0.29) is 5.41 Å². The largest absolute Gasteiger partial charge is 0.381 e. The van der Waals surface area contributed by atoms with E-state index in [1.165, 1.54) is 6.29 Å². The predicted octanol–water partition coefficient (Wildman–Crippen LogP) is 1.96. The first-order valence-corrected chi connectivity index (χ1v) is 6.38. The van der Waals surface area contributed by atoms with Crippen molar-refractivity contribution >= 4 is 6.29 Å². The minimum atomic E-state index is -0.150. The van der Waals surface area contributed by atoms with Crippen LogP contribution in [0.5, 0.6) is 0 Å². The summed E-state index contributed by atoms with van der Waals surface area (Å²) in [6, 6.07) is 0. The second kappa shape index (κ2) is 6.36. The van der Waals surface area contributed by atoms with Crippen molar-refractivity contribution < 1.29 is 9.53 Å². The molecule has 0 aromatic heterocycles. The van der Waals surface area contributed by atoms with Gasteiger partial charge >= 0.3 is 0 Å². The van der Waals surface area contributed by atoms with E-state index in [9.17, 15) is 4.79 Å². The van der Waals surface area contributed by atoms with Crippen LogP contribution in [0.4, 0.5) is 0 Å². The van der Waals surface area contributed by atoms with E-state index in [2.05, 4.69) is 25.7 Å². The van der Waals surface area contributed by atoms with Gasteiger partial charge in [-0.05, 0) is 25.3 Å². The van der Waals surface area contributed by atoms with Crippen molar-refractivity contribution in [1.82, 2.24) is 4.90 Å². The Kier molecular flexibility index (Phi) is 5.42. The first-order valence-electron chi connectivity index (χ1n) is 6.38. The molecule has 0 N–H and O–H groups in total. The molecular weight excluding hydrogens is 202 g/mol. The Balaban J connectivity index is 2.55. The highest BCUT2D eigenvalue weighted by Crippen LogP contribution is 2.29. The van der Waals surface area contributed by atoms with Crippen LogP contribution in [0.25, 0.3) is 0 Å². The van der Waals surface area contributed by atoms with Gasteiger partial charge in [0.15, 0.2) is 0 Å². The van der Waals surface area contributed by atoms with Crippen molar-refractivity contribution in [3.05, 3.63) is 0 Å². The maximum absolute atomic E-state index is 11.3. The maximum Gasteiger partial charge on any atom is 0.127 e. The summed E-state index contributed by atoms with van der Waals surface area (Å²) >= 11 is 0. The van der Waals surface area contributed by atoms with Crippen molar-refractivity contribution in [2.75, 3.05) is 32.8 Å². The Hall–Kier alpha value is -0.410. The molecule has 0 saturated carbocycles. The lowest BCUT2D eigenvalue weighted by Gasteiger charge is -2.37. The molecule has 94 valence electrons. The first-order chi connectivity index (χ1) is 7.62. The molecule has 3 heteroatoms. The van der Waals surface area contributed by atoms with Crippen molar-refractivity contribution in [3.63, 3.8) is 0 Å². The van der Waals surface area contributed by atoms with Crippen molar-refractivity contribution in [2.24, 2.45) is 11.3 Å². The van der Waals surface area contributed by atoms with Crippen LogP contribution in [-0.2, 0) is 9.53 Å². The highest BCUT2D eigenvalue weighted by atomic mass is 16.5. The highest BCUT2D eigenvalue weighted by molar-refractivity contribution is 5.60.